The lowest BCUT2D eigenvalue weighted by Crippen LogP contribution is -2.35. The Labute approximate surface area is 125 Å². The van der Waals surface area contributed by atoms with Gasteiger partial charge in [-0.25, -0.2) is 0 Å². The minimum atomic E-state index is -0.566. The maximum absolute atomic E-state index is 5.85. The number of aryl methyl sites for hydroxylation is 1. The molecule has 1 aliphatic rings. The molecular weight excluding hydrogens is 264 g/mol. The van der Waals surface area contributed by atoms with E-state index in [9.17, 15) is 0 Å². The van der Waals surface area contributed by atoms with Crippen LogP contribution in [-0.4, -0.2) is 5.79 Å². The molecule has 1 heterocycles. The first-order chi connectivity index (χ1) is 10.0. The first-order valence-electron chi connectivity index (χ1n) is 7.17. The molecule has 0 atom stereocenters. The zero-order valence-corrected chi connectivity index (χ0v) is 12.7. The fourth-order valence-electron chi connectivity index (χ4n) is 2.34. The van der Waals surface area contributed by atoms with Crippen molar-refractivity contribution in [2.75, 3.05) is 0 Å². The van der Waals surface area contributed by atoms with Crippen molar-refractivity contribution < 1.29 is 14.2 Å². The second-order valence-electron chi connectivity index (χ2n) is 5.79. The average molecular weight is 284 g/mol. The molecule has 21 heavy (non-hydrogen) atoms. The Morgan fingerprint density at radius 3 is 2.62 bits per heavy atom. The van der Waals surface area contributed by atoms with Crippen LogP contribution in [0.3, 0.4) is 0 Å². The van der Waals surface area contributed by atoms with E-state index >= 15 is 0 Å². The van der Waals surface area contributed by atoms with Crippen molar-refractivity contribution in [3.63, 3.8) is 0 Å². The van der Waals surface area contributed by atoms with Crippen LogP contribution in [0.5, 0.6) is 11.5 Å². The first kappa shape index (κ1) is 14.0. The lowest BCUT2D eigenvalue weighted by Gasteiger charge is -2.33. The highest BCUT2D eigenvalue weighted by Gasteiger charge is 2.28. The Morgan fingerprint density at radius 2 is 1.86 bits per heavy atom. The van der Waals surface area contributed by atoms with E-state index in [2.05, 4.69) is 13.0 Å². The molecule has 0 fully saturated rings. The van der Waals surface area contributed by atoms with Crippen molar-refractivity contribution in [3.8, 4) is 11.5 Å². The predicted octanol–water partition coefficient (Wildman–Crippen LogP) is 4.22. The molecule has 110 valence electrons. The van der Waals surface area contributed by atoms with Crippen molar-refractivity contribution in [1.82, 2.24) is 0 Å². The van der Waals surface area contributed by atoms with Gasteiger partial charge in [0.15, 0.2) is 0 Å². The Kier molecular flexibility index (Phi) is 3.60. The van der Waals surface area contributed by atoms with Crippen LogP contribution in [0.4, 0.5) is 0 Å². The molecule has 0 unspecified atom stereocenters. The van der Waals surface area contributed by atoms with E-state index < -0.39 is 5.79 Å². The maximum atomic E-state index is 5.85. The second-order valence-corrected chi connectivity index (χ2v) is 5.79. The third-order valence-electron chi connectivity index (χ3n) is 3.57. The van der Waals surface area contributed by atoms with E-state index in [1.165, 1.54) is 5.56 Å². The van der Waals surface area contributed by atoms with Gasteiger partial charge in [0.2, 0.25) is 5.79 Å². The lowest BCUT2D eigenvalue weighted by atomic mass is 10.1. The number of ether oxygens (including phenoxy) is 3. The topological polar surface area (TPSA) is 27.7 Å². The predicted molar refractivity (Wildman–Crippen MR) is 81.4 cm³/mol. The summed E-state index contributed by atoms with van der Waals surface area (Å²) in [6, 6.07) is 14.1. The monoisotopic (exact) mass is 284 g/mol. The average Bonchev–Trinajstić information content (AvgIpc) is 2.45. The van der Waals surface area contributed by atoms with Gasteiger partial charge in [-0.2, -0.15) is 0 Å². The number of rotatable bonds is 3. The molecule has 0 saturated carbocycles. The summed E-state index contributed by atoms with van der Waals surface area (Å²) in [5, 5.41) is 0. The van der Waals surface area contributed by atoms with E-state index in [-0.39, 0.29) is 0 Å². The highest BCUT2D eigenvalue weighted by Crippen LogP contribution is 2.33. The summed E-state index contributed by atoms with van der Waals surface area (Å²) in [4.78, 5) is 0. The number of benzene rings is 2. The fraction of sp³-hybridized carbons (Fsp3) is 0.333. The quantitative estimate of drug-likeness (QED) is 0.844. The second kappa shape index (κ2) is 5.41. The molecule has 0 N–H and O–H groups in total. The van der Waals surface area contributed by atoms with Gasteiger partial charge >= 0.3 is 0 Å². The van der Waals surface area contributed by atoms with Gasteiger partial charge in [-0.15, -0.1) is 0 Å². The van der Waals surface area contributed by atoms with Crippen molar-refractivity contribution in [2.45, 2.75) is 39.8 Å². The normalized spacial score (nSPS) is 16.0. The molecule has 0 radical (unpaired) electrons. The molecule has 0 saturated heterocycles. The van der Waals surface area contributed by atoms with Gasteiger partial charge in [0.1, 0.15) is 18.1 Å². The van der Waals surface area contributed by atoms with Crippen molar-refractivity contribution >= 4 is 0 Å². The minimum absolute atomic E-state index is 0.513. The van der Waals surface area contributed by atoms with Gasteiger partial charge < -0.3 is 14.2 Å². The molecular formula is C18H20O3. The summed E-state index contributed by atoms with van der Waals surface area (Å²) in [5.74, 6) is 1.19. The van der Waals surface area contributed by atoms with Crippen molar-refractivity contribution in [1.29, 1.82) is 0 Å². The molecule has 0 aliphatic carbocycles. The molecule has 3 nitrogen and oxygen atoms in total. The maximum Gasteiger partial charge on any atom is 0.205 e. The van der Waals surface area contributed by atoms with E-state index in [1.54, 1.807) is 0 Å². The molecule has 2 aromatic rings. The Bertz CT molecular complexity index is 629. The van der Waals surface area contributed by atoms with Gasteiger partial charge in [-0.1, -0.05) is 29.8 Å². The summed E-state index contributed by atoms with van der Waals surface area (Å²) in [6.45, 7) is 6.97. The van der Waals surface area contributed by atoms with Gasteiger partial charge in [0.25, 0.3) is 0 Å². The summed E-state index contributed by atoms with van der Waals surface area (Å²) in [6.07, 6.45) is 0. The van der Waals surface area contributed by atoms with Gasteiger partial charge in [-0.05, 0) is 30.7 Å². The van der Waals surface area contributed by atoms with Crippen LogP contribution in [0.15, 0.2) is 42.5 Å². The molecule has 0 aromatic heterocycles. The fourth-order valence-corrected chi connectivity index (χ4v) is 2.34. The Morgan fingerprint density at radius 1 is 1.10 bits per heavy atom. The zero-order chi connectivity index (χ0) is 14.9. The van der Waals surface area contributed by atoms with Gasteiger partial charge in [0, 0.05) is 19.4 Å². The Hall–Kier alpha value is -2.00. The standard InChI is InChI=1S/C18H20O3/c1-13-7-9-15(10-8-13)19-11-14-5-4-6-17-16(14)12-20-18(2,3)21-17/h4-10H,11-12H2,1-3H3. The summed E-state index contributed by atoms with van der Waals surface area (Å²) in [7, 11) is 0. The number of hydrogen-bond donors (Lipinski definition) is 0. The third-order valence-corrected chi connectivity index (χ3v) is 3.57. The smallest absolute Gasteiger partial charge is 0.205 e. The molecule has 2 aromatic carbocycles. The highest BCUT2D eigenvalue weighted by molar-refractivity contribution is 5.41. The summed E-state index contributed by atoms with van der Waals surface area (Å²) >= 11 is 0. The molecule has 0 amide bonds. The van der Waals surface area contributed by atoms with Crippen LogP contribution < -0.4 is 9.47 Å². The van der Waals surface area contributed by atoms with Crippen LogP contribution in [0.25, 0.3) is 0 Å². The van der Waals surface area contributed by atoms with Crippen LogP contribution in [0, 0.1) is 6.92 Å². The van der Waals surface area contributed by atoms with Crippen molar-refractivity contribution in [3.05, 3.63) is 59.2 Å². The Balaban J connectivity index is 1.76. The van der Waals surface area contributed by atoms with Crippen LogP contribution in [0.1, 0.15) is 30.5 Å². The summed E-state index contributed by atoms with van der Waals surface area (Å²) in [5.41, 5.74) is 3.40. The SMILES string of the molecule is Cc1ccc(OCc2cccc3c2COC(C)(C)O3)cc1. The minimum Gasteiger partial charge on any atom is -0.489 e. The largest absolute Gasteiger partial charge is 0.489 e. The number of fused-ring (bicyclic) bond motifs is 1. The van der Waals surface area contributed by atoms with E-state index in [1.807, 2.05) is 50.2 Å². The third kappa shape index (κ3) is 3.19. The van der Waals surface area contributed by atoms with Crippen molar-refractivity contribution in [2.24, 2.45) is 0 Å². The molecule has 0 bridgehead atoms. The highest BCUT2D eigenvalue weighted by atomic mass is 16.7. The van der Waals surface area contributed by atoms with Crippen LogP contribution in [-0.2, 0) is 18.0 Å². The molecule has 0 spiro atoms. The molecule has 3 heteroatoms. The van der Waals surface area contributed by atoms with E-state index in [0.717, 1.165) is 22.6 Å². The van der Waals surface area contributed by atoms with Gasteiger partial charge in [-0.3, -0.25) is 0 Å². The molecule has 1 aliphatic heterocycles. The number of hydrogen-bond acceptors (Lipinski definition) is 3. The van der Waals surface area contributed by atoms with Gasteiger partial charge in [0.05, 0.1) is 6.61 Å². The zero-order valence-electron chi connectivity index (χ0n) is 12.7. The lowest BCUT2D eigenvalue weighted by molar-refractivity contribution is -0.180. The molecule has 3 rings (SSSR count). The summed E-state index contributed by atoms with van der Waals surface area (Å²) < 4.78 is 17.4. The van der Waals surface area contributed by atoms with Crippen LogP contribution in [0.2, 0.25) is 0 Å². The first-order valence-corrected chi connectivity index (χ1v) is 7.17. The van der Waals surface area contributed by atoms with E-state index in [0.29, 0.717) is 13.2 Å². The van der Waals surface area contributed by atoms with Crippen LogP contribution >= 0.6 is 0 Å². The van der Waals surface area contributed by atoms with E-state index in [4.69, 9.17) is 14.2 Å².